The molecule has 3 nitrogen and oxygen atoms in total. The first kappa shape index (κ1) is 10.9. The topological polar surface area (TPSA) is 50.2 Å². The summed E-state index contributed by atoms with van der Waals surface area (Å²) in [5.74, 6) is -0.849. The van der Waals surface area contributed by atoms with Crippen LogP contribution in [0.15, 0.2) is 5.57 Å². The summed E-state index contributed by atoms with van der Waals surface area (Å²) >= 11 is 1.52. The second kappa shape index (κ2) is 4.37. The lowest BCUT2D eigenvalue weighted by Gasteiger charge is -1.95. The molecule has 76 valence electrons. The standard InChI is InChI=1S/C10H13NO2S/c1-4-8(10(12)13)5-9-6(2)11-7(3)14-9/h5H,4H2,1-3H3,(H,12,13)/b8-5+. The molecule has 0 aromatic carbocycles. The maximum Gasteiger partial charge on any atom is 0.331 e. The van der Waals surface area contributed by atoms with Crippen molar-refractivity contribution in [1.82, 2.24) is 4.98 Å². The van der Waals surface area contributed by atoms with Crippen LogP contribution in [0.5, 0.6) is 0 Å². The molecular formula is C10H13NO2S. The SMILES string of the molecule is CC/C(=C\c1sc(C)nc1C)C(=O)O. The van der Waals surface area contributed by atoms with E-state index in [-0.39, 0.29) is 0 Å². The van der Waals surface area contributed by atoms with Crippen molar-refractivity contribution >= 4 is 23.4 Å². The average Bonchev–Trinajstić information content (AvgIpc) is 2.40. The van der Waals surface area contributed by atoms with E-state index in [2.05, 4.69) is 4.98 Å². The molecule has 0 atom stereocenters. The van der Waals surface area contributed by atoms with Gasteiger partial charge in [0, 0.05) is 5.57 Å². The number of rotatable bonds is 3. The Labute approximate surface area is 87.1 Å². The third kappa shape index (κ3) is 2.42. The molecule has 0 aliphatic heterocycles. The lowest BCUT2D eigenvalue weighted by atomic mass is 10.2. The Bertz CT molecular complexity index is 379. The highest BCUT2D eigenvalue weighted by Crippen LogP contribution is 2.21. The van der Waals surface area contributed by atoms with E-state index in [4.69, 9.17) is 5.11 Å². The van der Waals surface area contributed by atoms with E-state index in [1.54, 1.807) is 6.08 Å². The number of carboxylic acids is 1. The number of carboxylic acid groups (broad SMARTS) is 1. The van der Waals surface area contributed by atoms with E-state index in [1.807, 2.05) is 20.8 Å². The predicted molar refractivity (Wildman–Crippen MR) is 57.5 cm³/mol. The van der Waals surface area contributed by atoms with Crippen molar-refractivity contribution in [2.75, 3.05) is 0 Å². The van der Waals surface area contributed by atoms with E-state index < -0.39 is 5.97 Å². The Morgan fingerprint density at radius 2 is 2.21 bits per heavy atom. The maximum absolute atomic E-state index is 10.8. The molecule has 4 heteroatoms. The fourth-order valence-corrected chi connectivity index (χ4v) is 2.05. The molecule has 0 aliphatic rings. The average molecular weight is 211 g/mol. The minimum absolute atomic E-state index is 0.428. The van der Waals surface area contributed by atoms with Gasteiger partial charge >= 0.3 is 5.97 Å². The van der Waals surface area contributed by atoms with Gasteiger partial charge in [-0.05, 0) is 26.3 Å². The van der Waals surface area contributed by atoms with Gasteiger partial charge in [-0.3, -0.25) is 0 Å². The van der Waals surface area contributed by atoms with Gasteiger partial charge in [-0.1, -0.05) is 6.92 Å². The Kier molecular flexibility index (Phi) is 3.41. The Morgan fingerprint density at radius 3 is 2.57 bits per heavy atom. The summed E-state index contributed by atoms with van der Waals surface area (Å²) in [5.41, 5.74) is 1.33. The third-order valence-electron chi connectivity index (χ3n) is 1.90. The van der Waals surface area contributed by atoms with Crippen molar-refractivity contribution in [3.05, 3.63) is 21.2 Å². The van der Waals surface area contributed by atoms with Crippen molar-refractivity contribution in [2.45, 2.75) is 27.2 Å². The second-order valence-corrected chi connectivity index (χ2v) is 4.25. The highest BCUT2D eigenvalue weighted by atomic mass is 32.1. The number of aryl methyl sites for hydroxylation is 2. The van der Waals surface area contributed by atoms with Crippen LogP contribution in [0.2, 0.25) is 0 Å². The van der Waals surface area contributed by atoms with Gasteiger partial charge < -0.3 is 5.11 Å². The molecule has 1 rings (SSSR count). The molecule has 1 N–H and O–H groups in total. The van der Waals surface area contributed by atoms with E-state index >= 15 is 0 Å². The van der Waals surface area contributed by atoms with Gasteiger partial charge in [0.2, 0.25) is 0 Å². The van der Waals surface area contributed by atoms with Crippen LogP contribution in [0, 0.1) is 13.8 Å². The monoisotopic (exact) mass is 211 g/mol. The molecule has 0 amide bonds. The first-order valence-corrected chi connectivity index (χ1v) is 5.24. The molecule has 0 saturated heterocycles. The number of thiazole rings is 1. The summed E-state index contributed by atoms with van der Waals surface area (Å²) in [6, 6.07) is 0. The number of carbonyl (C=O) groups is 1. The van der Waals surface area contributed by atoms with Gasteiger partial charge in [-0.25, -0.2) is 9.78 Å². The molecule has 0 spiro atoms. The van der Waals surface area contributed by atoms with Crippen molar-refractivity contribution in [3.8, 4) is 0 Å². The van der Waals surface area contributed by atoms with E-state index in [0.29, 0.717) is 12.0 Å². The highest BCUT2D eigenvalue weighted by Gasteiger charge is 2.07. The molecule has 14 heavy (non-hydrogen) atoms. The summed E-state index contributed by atoms with van der Waals surface area (Å²) in [5, 5.41) is 9.82. The van der Waals surface area contributed by atoms with Gasteiger partial charge in [0.1, 0.15) is 0 Å². The van der Waals surface area contributed by atoms with E-state index in [0.717, 1.165) is 15.6 Å². The van der Waals surface area contributed by atoms with Gasteiger partial charge in [0.15, 0.2) is 0 Å². The second-order valence-electron chi connectivity index (χ2n) is 3.01. The van der Waals surface area contributed by atoms with E-state index in [9.17, 15) is 4.79 Å². The summed E-state index contributed by atoms with van der Waals surface area (Å²) in [6.07, 6.45) is 2.24. The van der Waals surface area contributed by atoms with Gasteiger partial charge in [-0.2, -0.15) is 0 Å². The molecule has 0 unspecified atom stereocenters. The van der Waals surface area contributed by atoms with Crippen molar-refractivity contribution in [2.24, 2.45) is 0 Å². The molecular weight excluding hydrogens is 198 g/mol. The molecule has 1 aromatic rings. The summed E-state index contributed by atoms with van der Waals surface area (Å²) < 4.78 is 0. The third-order valence-corrected chi connectivity index (χ3v) is 2.92. The quantitative estimate of drug-likeness (QED) is 0.782. The lowest BCUT2D eigenvalue weighted by molar-refractivity contribution is -0.132. The van der Waals surface area contributed by atoms with Crippen LogP contribution < -0.4 is 0 Å². The van der Waals surface area contributed by atoms with Crippen LogP contribution in [0.25, 0.3) is 6.08 Å². The number of hydrogen-bond acceptors (Lipinski definition) is 3. The molecule has 1 aromatic heterocycles. The zero-order valence-corrected chi connectivity index (χ0v) is 9.31. The minimum Gasteiger partial charge on any atom is -0.478 e. The Morgan fingerprint density at radius 1 is 1.57 bits per heavy atom. The lowest BCUT2D eigenvalue weighted by Crippen LogP contribution is -1.98. The molecule has 0 radical (unpaired) electrons. The summed E-state index contributed by atoms with van der Waals surface area (Å²) in [6.45, 7) is 5.65. The van der Waals surface area contributed by atoms with Crippen LogP contribution >= 0.6 is 11.3 Å². The molecule has 0 saturated carbocycles. The Hall–Kier alpha value is -1.16. The molecule has 0 aliphatic carbocycles. The smallest absolute Gasteiger partial charge is 0.331 e. The zero-order valence-electron chi connectivity index (χ0n) is 8.50. The number of aromatic nitrogens is 1. The normalized spacial score (nSPS) is 11.8. The predicted octanol–water partition coefficient (Wildman–Crippen LogP) is 2.64. The number of aliphatic carboxylic acids is 1. The van der Waals surface area contributed by atoms with Crippen LogP contribution in [-0.4, -0.2) is 16.1 Å². The van der Waals surface area contributed by atoms with Gasteiger partial charge in [-0.15, -0.1) is 11.3 Å². The van der Waals surface area contributed by atoms with Crippen molar-refractivity contribution < 1.29 is 9.90 Å². The van der Waals surface area contributed by atoms with Crippen LogP contribution in [0.1, 0.15) is 28.9 Å². The molecule has 1 heterocycles. The number of nitrogens with zero attached hydrogens (tertiary/aromatic N) is 1. The van der Waals surface area contributed by atoms with Crippen molar-refractivity contribution in [1.29, 1.82) is 0 Å². The fraction of sp³-hybridized carbons (Fsp3) is 0.400. The van der Waals surface area contributed by atoms with Crippen LogP contribution in [0.3, 0.4) is 0 Å². The highest BCUT2D eigenvalue weighted by molar-refractivity contribution is 7.12. The minimum atomic E-state index is -0.849. The van der Waals surface area contributed by atoms with Crippen LogP contribution in [0.4, 0.5) is 0 Å². The first-order valence-electron chi connectivity index (χ1n) is 4.42. The maximum atomic E-state index is 10.8. The Balaban J connectivity index is 3.06. The largest absolute Gasteiger partial charge is 0.478 e. The van der Waals surface area contributed by atoms with Gasteiger partial charge in [0.05, 0.1) is 15.6 Å². The summed E-state index contributed by atoms with van der Waals surface area (Å²) in [7, 11) is 0. The zero-order chi connectivity index (χ0) is 10.7. The summed E-state index contributed by atoms with van der Waals surface area (Å²) in [4.78, 5) is 16.0. The van der Waals surface area contributed by atoms with E-state index in [1.165, 1.54) is 11.3 Å². The first-order chi connectivity index (χ1) is 6.54. The fourth-order valence-electron chi connectivity index (χ4n) is 1.15. The van der Waals surface area contributed by atoms with Crippen LogP contribution in [-0.2, 0) is 4.79 Å². The molecule has 0 bridgehead atoms. The van der Waals surface area contributed by atoms with Crippen molar-refractivity contribution in [3.63, 3.8) is 0 Å². The van der Waals surface area contributed by atoms with Gasteiger partial charge in [0.25, 0.3) is 0 Å². The molecule has 0 fully saturated rings. The number of hydrogen-bond donors (Lipinski definition) is 1.